The van der Waals surface area contributed by atoms with Gasteiger partial charge in [0.05, 0.1) is 20.8 Å². The van der Waals surface area contributed by atoms with Crippen LogP contribution in [0.3, 0.4) is 0 Å². The van der Waals surface area contributed by atoms with Gasteiger partial charge in [-0.15, -0.1) is 0 Å². The molecule has 1 amide bonds. The molecule has 0 bridgehead atoms. The number of ether oxygens (including phenoxy) is 2. The van der Waals surface area contributed by atoms with Crippen LogP contribution in [0.1, 0.15) is 11.1 Å². The van der Waals surface area contributed by atoms with Crippen molar-refractivity contribution in [1.29, 1.82) is 0 Å². The third-order valence-electron chi connectivity index (χ3n) is 3.80. The van der Waals surface area contributed by atoms with Gasteiger partial charge < -0.3 is 14.8 Å². The number of amides is 1. The van der Waals surface area contributed by atoms with E-state index in [1.807, 2.05) is 55.3 Å². The van der Waals surface area contributed by atoms with Gasteiger partial charge in [-0.2, -0.15) is 0 Å². The molecular formula is C19H23BrN2O3. The van der Waals surface area contributed by atoms with Gasteiger partial charge in [-0.25, -0.2) is 0 Å². The fourth-order valence-corrected chi connectivity index (χ4v) is 3.10. The highest BCUT2D eigenvalue weighted by atomic mass is 79.9. The van der Waals surface area contributed by atoms with E-state index in [9.17, 15) is 4.79 Å². The SMILES string of the molecule is COc1cccc(CN(C)CC(=O)Nc2ccc(Br)cc2C)c1OC. The Balaban J connectivity index is 2.00. The van der Waals surface area contributed by atoms with Gasteiger partial charge in [-0.1, -0.05) is 28.1 Å². The summed E-state index contributed by atoms with van der Waals surface area (Å²) in [6, 6.07) is 11.5. The summed E-state index contributed by atoms with van der Waals surface area (Å²) >= 11 is 3.42. The fourth-order valence-electron chi connectivity index (χ4n) is 2.63. The number of nitrogens with zero attached hydrogens (tertiary/aromatic N) is 1. The first-order chi connectivity index (χ1) is 11.9. The summed E-state index contributed by atoms with van der Waals surface area (Å²) in [6.45, 7) is 2.81. The number of likely N-dealkylation sites (N-methyl/N-ethyl adjacent to an activating group) is 1. The molecule has 0 unspecified atom stereocenters. The molecule has 5 nitrogen and oxygen atoms in total. The minimum absolute atomic E-state index is 0.0604. The van der Waals surface area contributed by atoms with Gasteiger partial charge in [0.15, 0.2) is 11.5 Å². The average Bonchev–Trinajstić information content (AvgIpc) is 2.57. The molecule has 25 heavy (non-hydrogen) atoms. The van der Waals surface area contributed by atoms with Gasteiger partial charge in [-0.05, 0) is 43.8 Å². The molecular weight excluding hydrogens is 384 g/mol. The summed E-state index contributed by atoms with van der Waals surface area (Å²) < 4.78 is 11.7. The zero-order chi connectivity index (χ0) is 18.4. The lowest BCUT2D eigenvalue weighted by molar-refractivity contribution is -0.117. The molecule has 0 heterocycles. The van der Waals surface area contributed by atoms with E-state index < -0.39 is 0 Å². The lowest BCUT2D eigenvalue weighted by atomic mass is 10.1. The molecule has 2 rings (SSSR count). The molecule has 1 N–H and O–H groups in total. The molecule has 0 aliphatic rings. The predicted molar refractivity (Wildman–Crippen MR) is 103 cm³/mol. The molecule has 134 valence electrons. The van der Waals surface area contributed by atoms with Crippen LogP contribution in [0, 0.1) is 6.92 Å². The third-order valence-corrected chi connectivity index (χ3v) is 4.29. The van der Waals surface area contributed by atoms with Crippen LogP contribution in [0.25, 0.3) is 0 Å². The van der Waals surface area contributed by atoms with Crippen molar-refractivity contribution in [2.75, 3.05) is 33.1 Å². The van der Waals surface area contributed by atoms with Crippen molar-refractivity contribution in [2.24, 2.45) is 0 Å². The Morgan fingerprint density at radius 1 is 1.20 bits per heavy atom. The number of carbonyl (C=O) groups excluding carboxylic acids is 1. The predicted octanol–water partition coefficient (Wildman–Crippen LogP) is 3.85. The van der Waals surface area contributed by atoms with Gasteiger partial charge in [0.1, 0.15) is 0 Å². The standard InChI is InChI=1S/C19H23BrN2O3/c1-13-10-15(20)8-9-16(13)21-18(23)12-22(2)11-14-6-5-7-17(24-3)19(14)25-4/h5-10H,11-12H2,1-4H3,(H,21,23). The van der Waals surface area contributed by atoms with Crippen LogP contribution in [0.15, 0.2) is 40.9 Å². The van der Waals surface area contributed by atoms with Gasteiger partial charge in [0.25, 0.3) is 0 Å². The normalized spacial score (nSPS) is 10.6. The first kappa shape index (κ1) is 19.3. The van der Waals surface area contributed by atoms with Crippen molar-refractivity contribution in [1.82, 2.24) is 4.90 Å². The second kappa shape index (κ2) is 8.87. The van der Waals surface area contributed by atoms with E-state index in [4.69, 9.17) is 9.47 Å². The molecule has 0 fully saturated rings. The summed E-state index contributed by atoms with van der Waals surface area (Å²) in [6.07, 6.45) is 0. The summed E-state index contributed by atoms with van der Waals surface area (Å²) in [5.74, 6) is 1.32. The highest BCUT2D eigenvalue weighted by molar-refractivity contribution is 9.10. The molecule has 6 heteroatoms. The number of hydrogen-bond donors (Lipinski definition) is 1. The van der Waals surface area contributed by atoms with E-state index >= 15 is 0 Å². The first-order valence-corrected chi connectivity index (χ1v) is 8.68. The largest absolute Gasteiger partial charge is 0.493 e. The highest BCUT2D eigenvalue weighted by Crippen LogP contribution is 2.31. The molecule has 0 aliphatic carbocycles. The number of benzene rings is 2. The molecule has 2 aromatic rings. The number of anilines is 1. The second-order valence-corrected chi connectivity index (χ2v) is 6.75. The quantitative estimate of drug-likeness (QED) is 0.758. The lowest BCUT2D eigenvalue weighted by Crippen LogP contribution is -2.30. The van der Waals surface area contributed by atoms with Crippen LogP contribution >= 0.6 is 15.9 Å². The summed E-state index contributed by atoms with van der Waals surface area (Å²) in [4.78, 5) is 14.2. The zero-order valence-electron chi connectivity index (χ0n) is 14.9. The first-order valence-electron chi connectivity index (χ1n) is 7.89. The molecule has 2 aromatic carbocycles. The molecule has 0 spiro atoms. The second-order valence-electron chi connectivity index (χ2n) is 5.83. The third kappa shape index (κ3) is 5.21. The van der Waals surface area contributed by atoms with Crippen LogP contribution in [0.5, 0.6) is 11.5 Å². The molecule has 0 atom stereocenters. The average molecular weight is 407 g/mol. The number of carbonyl (C=O) groups is 1. The number of nitrogens with one attached hydrogen (secondary N) is 1. The number of para-hydroxylation sites is 1. The van der Waals surface area contributed by atoms with Crippen molar-refractivity contribution >= 4 is 27.5 Å². The number of hydrogen-bond acceptors (Lipinski definition) is 4. The summed E-state index contributed by atoms with van der Waals surface area (Å²) in [7, 11) is 5.12. The minimum Gasteiger partial charge on any atom is -0.493 e. The molecule has 0 saturated heterocycles. The van der Waals surface area contributed by atoms with E-state index in [0.717, 1.165) is 21.3 Å². The van der Waals surface area contributed by atoms with Crippen LogP contribution in [0.2, 0.25) is 0 Å². The Hall–Kier alpha value is -2.05. The Morgan fingerprint density at radius 2 is 1.96 bits per heavy atom. The number of halogens is 1. The Morgan fingerprint density at radius 3 is 2.60 bits per heavy atom. The summed E-state index contributed by atoms with van der Waals surface area (Å²) in [5, 5.41) is 2.95. The topological polar surface area (TPSA) is 50.8 Å². The Labute approximate surface area is 157 Å². The Kier molecular flexibility index (Phi) is 6.84. The van der Waals surface area contributed by atoms with E-state index in [2.05, 4.69) is 21.2 Å². The number of rotatable bonds is 7. The van der Waals surface area contributed by atoms with Gasteiger partial charge in [-0.3, -0.25) is 9.69 Å². The number of aryl methyl sites for hydroxylation is 1. The smallest absolute Gasteiger partial charge is 0.238 e. The van der Waals surface area contributed by atoms with Crippen LogP contribution in [0.4, 0.5) is 5.69 Å². The van der Waals surface area contributed by atoms with Gasteiger partial charge in [0, 0.05) is 22.3 Å². The zero-order valence-corrected chi connectivity index (χ0v) is 16.5. The van der Waals surface area contributed by atoms with E-state index in [-0.39, 0.29) is 12.5 Å². The summed E-state index contributed by atoms with van der Waals surface area (Å²) in [5.41, 5.74) is 2.80. The Bertz CT molecular complexity index is 749. The maximum atomic E-state index is 12.3. The monoisotopic (exact) mass is 406 g/mol. The van der Waals surface area contributed by atoms with Gasteiger partial charge >= 0.3 is 0 Å². The minimum atomic E-state index is -0.0604. The van der Waals surface area contributed by atoms with E-state index in [0.29, 0.717) is 18.0 Å². The van der Waals surface area contributed by atoms with Crippen molar-refractivity contribution in [3.8, 4) is 11.5 Å². The van der Waals surface area contributed by atoms with Crippen molar-refractivity contribution in [3.63, 3.8) is 0 Å². The molecule has 0 aliphatic heterocycles. The highest BCUT2D eigenvalue weighted by Gasteiger charge is 2.14. The maximum absolute atomic E-state index is 12.3. The van der Waals surface area contributed by atoms with Gasteiger partial charge in [0.2, 0.25) is 5.91 Å². The van der Waals surface area contributed by atoms with Crippen LogP contribution in [-0.2, 0) is 11.3 Å². The molecule has 0 aromatic heterocycles. The van der Waals surface area contributed by atoms with Crippen molar-refractivity contribution < 1.29 is 14.3 Å². The fraction of sp³-hybridized carbons (Fsp3) is 0.316. The molecule has 0 radical (unpaired) electrons. The van der Waals surface area contributed by atoms with E-state index in [1.54, 1.807) is 14.2 Å². The van der Waals surface area contributed by atoms with Crippen molar-refractivity contribution in [3.05, 3.63) is 52.0 Å². The van der Waals surface area contributed by atoms with Crippen LogP contribution < -0.4 is 14.8 Å². The van der Waals surface area contributed by atoms with Crippen molar-refractivity contribution in [2.45, 2.75) is 13.5 Å². The molecule has 0 saturated carbocycles. The number of methoxy groups -OCH3 is 2. The van der Waals surface area contributed by atoms with Crippen LogP contribution in [-0.4, -0.2) is 38.6 Å². The lowest BCUT2D eigenvalue weighted by Gasteiger charge is -2.19. The maximum Gasteiger partial charge on any atom is 0.238 e. The van der Waals surface area contributed by atoms with E-state index in [1.165, 1.54) is 0 Å².